The quantitative estimate of drug-likeness (QED) is 0.698. The number of ether oxygens (including phenoxy) is 1. The Morgan fingerprint density at radius 2 is 2.27 bits per heavy atom. The van der Waals surface area contributed by atoms with E-state index in [9.17, 15) is 0 Å². The largest absolute Gasteiger partial charge is 0.493 e. The third-order valence-corrected chi connectivity index (χ3v) is 2.16. The first kappa shape index (κ1) is 12.0. The van der Waals surface area contributed by atoms with E-state index in [-0.39, 0.29) is 0 Å². The molecule has 0 bridgehead atoms. The van der Waals surface area contributed by atoms with Crippen LogP contribution in [-0.2, 0) is 6.54 Å². The van der Waals surface area contributed by atoms with Crippen LogP contribution in [0.25, 0.3) is 0 Å². The van der Waals surface area contributed by atoms with Crippen LogP contribution in [0.5, 0.6) is 5.75 Å². The predicted octanol–water partition coefficient (Wildman–Crippen LogP) is 2.37. The summed E-state index contributed by atoms with van der Waals surface area (Å²) >= 11 is 0. The van der Waals surface area contributed by atoms with Gasteiger partial charge in [0.15, 0.2) is 0 Å². The number of rotatable bonds is 7. The van der Waals surface area contributed by atoms with Crippen LogP contribution >= 0.6 is 0 Å². The number of hydrogen-bond acceptors (Lipinski definition) is 3. The van der Waals surface area contributed by atoms with Gasteiger partial charge in [0.1, 0.15) is 5.75 Å². The van der Waals surface area contributed by atoms with Gasteiger partial charge in [-0.25, -0.2) is 0 Å². The molecule has 0 amide bonds. The van der Waals surface area contributed by atoms with Gasteiger partial charge in [-0.1, -0.05) is 19.8 Å². The number of pyridine rings is 1. The van der Waals surface area contributed by atoms with Gasteiger partial charge in [0, 0.05) is 18.8 Å². The fourth-order valence-electron chi connectivity index (χ4n) is 1.37. The average molecular weight is 208 g/mol. The maximum atomic E-state index is 5.63. The maximum absolute atomic E-state index is 5.63. The van der Waals surface area contributed by atoms with Crippen LogP contribution < -0.4 is 10.1 Å². The minimum Gasteiger partial charge on any atom is -0.493 e. The Balaban J connectivity index is 2.36. The lowest BCUT2D eigenvalue weighted by Gasteiger charge is -2.06. The maximum Gasteiger partial charge on any atom is 0.122 e. The molecule has 1 N–H and O–H groups in total. The van der Waals surface area contributed by atoms with Gasteiger partial charge in [-0.3, -0.25) is 4.98 Å². The Kier molecular flexibility index (Phi) is 5.78. The van der Waals surface area contributed by atoms with E-state index >= 15 is 0 Å². The summed E-state index contributed by atoms with van der Waals surface area (Å²) in [6.45, 7) is 3.78. The van der Waals surface area contributed by atoms with Gasteiger partial charge in [-0.15, -0.1) is 0 Å². The lowest BCUT2D eigenvalue weighted by Crippen LogP contribution is -2.07. The summed E-state index contributed by atoms with van der Waals surface area (Å²) in [6.07, 6.45) is 5.38. The minimum absolute atomic E-state index is 0.784. The van der Waals surface area contributed by atoms with Crippen LogP contribution in [0.2, 0.25) is 0 Å². The smallest absolute Gasteiger partial charge is 0.122 e. The van der Waals surface area contributed by atoms with Crippen LogP contribution in [0.1, 0.15) is 31.9 Å². The van der Waals surface area contributed by atoms with Crippen molar-refractivity contribution in [2.24, 2.45) is 0 Å². The highest BCUT2D eigenvalue weighted by molar-refractivity contribution is 5.22. The molecule has 0 aliphatic heterocycles. The molecule has 0 saturated heterocycles. The van der Waals surface area contributed by atoms with Gasteiger partial charge in [0.05, 0.1) is 12.3 Å². The normalized spacial score (nSPS) is 10.3. The lowest BCUT2D eigenvalue weighted by molar-refractivity contribution is 0.305. The first-order valence-corrected chi connectivity index (χ1v) is 5.59. The lowest BCUT2D eigenvalue weighted by atomic mass is 10.3. The predicted molar refractivity (Wildman–Crippen MR) is 62.0 cm³/mol. The van der Waals surface area contributed by atoms with Crippen LogP contribution in [0.15, 0.2) is 18.3 Å². The van der Waals surface area contributed by atoms with Gasteiger partial charge >= 0.3 is 0 Å². The highest BCUT2D eigenvalue weighted by atomic mass is 16.5. The average Bonchev–Trinajstić information content (AvgIpc) is 2.26. The Morgan fingerprint density at radius 1 is 1.40 bits per heavy atom. The third kappa shape index (κ3) is 4.79. The van der Waals surface area contributed by atoms with Crippen molar-refractivity contribution in [3.8, 4) is 5.75 Å². The zero-order valence-electron chi connectivity index (χ0n) is 9.62. The van der Waals surface area contributed by atoms with E-state index in [1.807, 2.05) is 19.2 Å². The summed E-state index contributed by atoms with van der Waals surface area (Å²) in [5, 5.41) is 3.07. The van der Waals surface area contributed by atoms with Crippen molar-refractivity contribution >= 4 is 0 Å². The fraction of sp³-hybridized carbons (Fsp3) is 0.583. The summed E-state index contributed by atoms with van der Waals surface area (Å²) in [4.78, 5) is 4.23. The number of nitrogens with zero attached hydrogens (tertiary/aromatic N) is 1. The van der Waals surface area contributed by atoms with Crippen LogP contribution in [0.3, 0.4) is 0 Å². The molecule has 0 aliphatic rings. The van der Waals surface area contributed by atoms with Crippen molar-refractivity contribution in [1.29, 1.82) is 0 Å². The monoisotopic (exact) mass is 208 g/mol. The fourth-order valence-corrected chi connectivity index (χ4v) is 1.37. The summed E-state index contributed by atoms with van der Waals surface area (Å²) in [7, 11) is 1.91. The van der Waals surface area contributed by atoms with E-state index in [1.165, 1.54) is 12.8 Å². The van der Waals surface area contributed by atoms with Crippen molar-refractivity contribution in [3.63, 3.8) is 0 Å². The van der Waals surface area contributed by atoms with Crippen molar-refractivity contribution in [2.75, 3.05) is 13.7 Å². The molecular weight excluding hydrogens is 188 g/mol. The molecule has 15 heavy (non-hydrogen) atoms. The molecule has 0 fully saturated rings. The standard InChI is InChI=1S/C12H20N2O/c1-3-4-5-8-15-12-6-7-14-11(9-12)10-13-2/h6-7,9,13H,3-5,8,10H2,1-2H3. The van der Waals surface area contributed by atoms with Gasteiger partial charge in [0.25, 0.3) is 0 Å². The van der Waals surface area contributed by atoms with Crippen LogP contribution in [-0.4, -0.2) is 18.6 Å². The molecule has 1 aromatic rings. The number of aromatic nitrogens is 1. The molecule has 3 nitrogen and oxygen atoms in total. The van der Waals surface area contributed by atoms with Crippen molar-refractivity contribution in [3.05, 3.63) is 24.0 Å². The molecule has 0 spiro atoms. The minimum atomic E-state index is 0.784. The molecule has 0 saturated carbocycles. The Labute approximate surface area is 91.9 Å². The van der Waals surface area contributed by atoms with Crippen LogP contribution in [0, 0.1) is 0 Å². The van der Waals surface area contributed by atoms with E-state index in [0.29, 0.717) is 0 Å². The van der Waals surface area contributed by atoms with Gasteiger partial charge in [0.2, 0.25) is 0 Å². The second-order valence-corrected chi connectivity index (χ2v) is 3.57. The molecule has 0 aliphatic carbocycles. The molecular formula is C12H20N2O. The first-order valence-electron chi connectivity index (χ1n) is 5.59. The Morgan fingerprint density at radius 3 is 3.00 bits per heavy atom. The van der Waals surface area contributed by atoms with E-state index in [0.717, 1.165) is 31.0 Å². The Bertz CT molecular complexity index is 276. The summed E-state index contributed by atoms with van der Waals surface area (Å²) < 4.78 is 5.63. The molecule has 1 heterocycles. The van der Waals surface area contributed by atoms with E-state index in [1.54, 1.807) is 6.20 Å². The molecule has 0 aromatic carbocycles. The summed E-state index contributed by atoms with van der Waals surface area (Å²) in [6, 6.07) is 3.90. The van der Waals surface area contributed by atoms with E-state index < -0.39 is 0 Å². The number of nitrogens with one attached hydrogen (secondary N) is 1. The highest BCUT2D eigenvalue weighted by Gasteiger charge is 1.97. The molecule has 84 valence electrons. The SMILES string of the molecule is CCCCCOc1ccnc(CNC)c1. The summed E-state index contributed by atoms with van der Waals surface area (Å²) in [5.41, 5.74) is 1.02. The van der Waals surface area contributed by atoms with Gasteiger partial charge < -0.3 is 10.1 Å². The highest BCUT2D eigenvalue weighted by Crippen LogP contribution is 2.11. The first-order chi connectivity index (χ1) is 7.36. The molecule has 1 rings (SSSR count). The molecule has 0 atom stereocenters. The molecule has 3 heteroatoms. The summed E-state index contributed by atoms with van der Waals surface area (Å²) in [5.74, 6) is 0.923. The second kappa shape index (κ2) is 7.23. The second-order valence-electron chi connectivity index (χ2n) is 3.57. The molecule has 0 radical (unpaired) electrons. The molecule has 0 unspecified atom stereocenters. The third-order valence-electron chi connectivity index (χ3n) is 2.16. The van der Waals surface area contributed by atoms with Gasteiger partial charge in [-0.2, -0.15) is 0 Å². The zero-order valence-corrected chi connectivity index (χ0v) is 9.62. The number of hydrogen-bond donors (Lipinski definition) is 1. The van der Waals surface area contributed by atoms with Crippen molar-refractivity contribution < 1.29 is 4.74 Å². The Hall–Kier alpha value is -1.09. The van der Waals surface area contributed by atoms with E-state index in [2.05, 4.69) is 17.2 Å². The molecule has 1 aromatic heterocycles. The number of unbranched alkanes of at least 4 members (excludes halogenated alkanes) is 2. The van der Waals surface area contributed by atoms with Crippen molar-refractivity contribution in [2.45, 2.75) is 32.7 Å². The van der Waals surface area contributed by atoms with Gasteiger partial charge in [-0.05, 0) is 19.5 Å². The van der Waals surface area contributed by atoms with Crippen LogP contribution in [0.4, 0.5) is 0 Å². The topological polar surface area (TPSA) is 34.1 Å². The van der Waals surface area contributed by atoms with E-state index in [4.69, 9.17) is 4.74 Å². The van der Waals surface area contributed by atoms with Crippen molar-refractivity contribution in [1.82, 2.24) is 10.3 Å². The zero-order chi connectivity index (χ0) is 10.9.